The predicted octanol–water partition coefficient (Wildman–Crippen LogP) is 4.05. The van der Waals surface area contributed by atoms with Crippen LogP contribution in [0.25, 0.3) is 0 Å². The van der Waals surface area contributed by atoms with Crippen LogP contribution in [0, 0.1) is 12.8 Å². The Balaban J connectivity index is 2.31. The molecule has 1 N–H and O–H groups in total. The lowest BCUT2D eigenvalue weighted by Gasteiger charge is -2.36. The highest BCUT2D eigenvalue weighted by Crippen LogP contribution is 2.40. The van der Waals surface area contributed by atoms with Crippen LogP contribution in [0.2, 0.25) is 5.02 Å². The van der Waals surface area contributed by atoms with Gasteiger partial charge in [-0.3, -0.25) is 0 Å². The summed E-state index contributed by atoms with van der Waals surface area (Å²) in [6.07, 6.45) is 4.04. The lowest BCUT2D eigenvalue weighted by molar-refractivity contribution is -0.0178. The highest BCUT2D eigenvalue weighted by Gasteiger charge is 2.34. The first-order valence-corrected chi connectivity index (χ1v) is 6.38. The first kappa shape index (κ1) is 11.9. The number of aliphatic hydroxyl groups is 1. The molecule has 0 spiro atoms. The Morgan fingerprint density at radius 3 is 2.81 bits per heavy atom. The summed E-state index contributed by atoms with van der Waals surface area (Å²) in [6.45, 7) is 4.19. The molecule has 0 aliphatic heterocycles. The Morgan fingerprint density at radius 2 is 2.19 bits per heavy atom. The van der Waals surface area contributed by atoms with E-state index in [0.717, 1.165) is 35.4 Å². The number of hydrogen-bond acceptors (Lipinski definition) is 1. The second-order valence-corrected chi connectivity index (χ2v) is 5.60. The van der Waals surface area contributed by atoms with Gasteiger partial charge < -0.3 is 5.11 Å². The van der Waals surface area contributed by atoms with Gasteiger partial charge in [-0.1, -0.05) is 37.1 Å². The third-order valence-electron chi connectivity index (χ3n) is 3.68. The molecule has 0 radical (unpaired) electrons. The van der Waals surface area contributed by atoms with Crippen LogP contribution in [0.4, 0.5) is 0 Å². The fourth-order valence-electron chi connectivity index (χ4n) is 2.67. The summed E-state index contributed by atoms with van der Waals surface area (Å²) in [5.41, 5.74) is 1.39. The molecule has 0 amide bonds. The van der Waals surface area contributed by atoms with Crippen LogP contribution in [-0.4, -0.2) is 5.11 Å². The first-order valence-electron chi connectivity index (χ1n) is 6.00. The van der Waals surface area contributed by atoms with E-state index >= 15 is 0 Å². The second-order valence-electron chi connectivity index (χ2n) is 5.20. The standard InChI is InChI=1S/C14H19ClO/c1-10-4-3-7-14(16,9-10)12-6-5-11(2)13(15)8-12/h5-6,8,10,16H,3-4,7,9H2,1-2H3. The molecule has 1 nitrogen and oxygen atoms in total. The molecule has 1 fully saturated rings. The summed E-state index contributed by atoms with van der Waals surface area (Å²) in [5.74, 6) is 0.596. The summed E-state index contributed by atoms with van der Waals surface area (Å²) in [7, 11) is 0. The lowest BCUT2D eigenvalue weighted by atomic mass is 9.75. The van der Waals surface area contributed by atoms with Gasteiger partial charge in [-0.2, -0.15) is 0 Å². The van der Waals surface area contributed by atoms with Gasteiger partial charge in [0.2, 0.25) is 0 Å². The predicted molar refractivity (Wildman–Crippen MR) is 67.7 cm³/mol. The average molecular weight is 239 g/mol. The third-order valence-corrected chi connectivity index (χ3v) is 4.09. The van der Waals surface area contributed by atoms with Gasteiger partial charge in [0.05, 0.1) is 5.60 Å². The van der Waals surface area contributed by atoms with Crippen LogP contribution in [-0.2, 0) is 5.60 Å². The summed E-state index contributed by atoms with van der Waals surface area (Å²) < 4.78 is 0. The van der Waals surface area contributed by atoms with E-state index < -0.39 is 5.60 Å². The maximum Gasteiger partial charge on any atom is 0.0899 e. The van der Waals surface area contributed by atoms with E-state index in [1.165, 1.54) is 6.42 Å². The topological polar surface area (TPSA) is 20.2 Å². The molecule has 16 heavy (non-hydrogen) atoms. The molecule has 1 aliphatic rings. The van der Waals surface area contributed by atoms with E-state index in [4.69, 9.17) is 11.6 Å². The summed E-state index contributed by atoms with van der Waals surface area (Å²) in [5, 5.41) is 11.4. The summed E-state index contributed by atoms with van der Waals surface area (Å²) in [6, 6.07) is 5.93. The van der Waals surface area contributed by atoms with Crippen molar-refractivity contribution in [3.05, 3.63) is 34.3 Å². The second kappa shape index (κ2) is 4.38. The normalized spacial score (nSPS) is 30.4. The highest BCUT2D eigenvalue weighted by atomic mass is 35.5. The zero-order chi connectivity index (χ0) is 11.8. The monoisotopic (exact) mass is 238 g/mol. The Hall–Kier alpha value is -0.530. The van der Waals surface area contributed by atoms with Crippen LogP contribution in [0.1, 0.15) is 43.7 Å². The Labute approximate surface area is 102 Å². The number of benzene rings is 1. The van der Waals surface area contributed by atoms with Crippen LogP contribution in [0.5, 0.6) is 0 Å². The molecule has 1 aromatic rings. The fourth-order valence-corrected chi connectivity index (χ4v) is 2.85. The van der Waals surface area contributed by atoms with Crippen molar-refractivity contribution in [3.8, 4) is 0 Å². The zero-order valence-electron chi connectivity index (χ0n) is 9.96. The van der Waals surface area contributed by atoms with Crippen LogP contribution in [0.3, 0.4) is 0 Å². The smallest absolute Gasteiger partial charge is 0.0899 e. The molecular weight excluding hydrogens is 220 g/mol. The van der Waals surface area contributed by atoms with Gasteiger partial charge in [0.25, 0.3) is 0 Å². The molecule has 0 aromatic heterocycles. The molecule has 0 saturated heterocycles. The molecule has 1 aromatic carbocycles. The molecule has 2 atom stereocenters. The van der Waals surface area contributed by atoms with Gasteiger partial charge in [-0.05, 0) is 49.3 Å². The maximum absolute atomic E-state index is 10.7. The molecular formula is C14H19ClO. The Morgan fingerprint density at radius 1 is 1.44 bits per heavy atom. The number of aryl methyl sites for hydroxylation is 1. The minimum atomic E-state index is -0.658. The van der Waals surface area contributed by atoms with Crippen molar-refractivity contribution in [2.75, 3.05) is 0 Å². The van der Waals surface area contributed by atoms with Crippen molar-refractivity contribution < 1.29 is 5.11 Å². The molecule has 2 unspecified atom stereocenters. The fraction of sp³-hybridized carbons (Fsp3) is 0.571. The quantitative estimate of drug-likeness (QED) is 0.783. The third kappa shape index (κ3) is 2.26. The summed E-state index contributed by atoms with van der Waals surface area (Å²) >= 11 is 6.12. The average Bonchev–Trinajstić information content (AvgIpc) is 2.21. The van der Waals surface area contributed by atoms with Gasteiger partial charge >= 0.3 is 0 Å². The van der Waals surface area contributed by atoms with Gasteiger partial charge in [0.1, 0.15) is 0 Å². The van der Waals surface area contributed by atoms with Crippen molar-refractivity contribution in [1.29, 1.82) is 0 Å². The number of halogens is 1. The van der Waals surface area contributed by atoms with Crippen molar-refractivity contribution in [2.24, 2.45) is 5.92 Å². The van der Waals surface area contributed by atoms with E-state index in [0.29, 0.717) is 5.92 Å². The maximum atomic E-state index is 10.7. The Kier molecular flexibility index (Phi) is 3.27. The highest BCUT2D eigenvalue weighted by molar-refractivity contribution is 6.31. The number of rotatable bonds is 1. The minimum Gasteiger partial charge on any atom is -0.385 e. The van der Waals surface area contributed by atoms with Crippen molar-refractivity contribution in [3.63, 3.8) is 0 Å². The molecule has 1 saturated carbocycles. The van der Waals surface area contributed by atoms with E-state index in [1.807, 2.05) is 25.1 Å². The number of hydrogen-bond donors (Lipinski definition) is 1. The Bertz CT molecular complexity index is 388. The summed E-state index contributed by atoms with van der Waals surface area (Å²) in [4.78, 5) is 0. The molecule has 88 valence electrons. The van der Waals surface area contributed by atoms with Crippen molar-refractivity contribution in [1.82, 2.24) is 0 Å². The lowest BCUT2D eigenvalue weighted by Crippen LogP contribution is -2.31. The molecule has 2 heteroatoms. The van der Waals surface area contributed by atoms with Gasteiger partial charge in [-0.25, -0.2) is 0 Å². The molecule has 0 bridgehead atoms. The SMILES string of the molecule is Cc1ccc(C2(O)CCCC(C)C2)cc1Cl. The molecule has 0 heterocycles. The van der Waals surface area contributed by atoms with E-state index in [9.17, 15) is 5.11 Å². The largest absolute Gasteiger partial charge is 0.385 e. The van der Waals surface area contributed by atoms with Crippen molar-refractivity contribution in [2.45, 2.75) is 45.1 Å². The van der Waals surface area contributed by atoms with Crippen LogP contribution >= 0.6 is 11.6 Å². The minimum absolute atomic E-state index is 0.596. The van der Waals surface area contributed by atoms with E-state index in [-0.39, 0.29) is 0 Å². The van der Waals surface area contributed by atoms with Gasteiger partial charge in [-0.15, -0.1) is 0 Å². The first-order chi connectivity index (χ1) is 7.51. The van der Waals surface area contributed by atoms with E-state index in [2.05, 4.69) is 6.92 Å². The molecule has 2 rings (SSSR count). The van der Waals surface area contributed by atoms with Crippen LogP contribution in [0.15, 0.2) is 18.2 Å². The van der Waals surface area contributed by atoms with Gasteiger partial charge in [0.15, 0.2) is 0 Å². The molecule has 1 aliphatic carbocycles. The van der Waals surface area contributed by atoms with Crippen LogP contribution < -0.4 is 0 Å². The van der Waals surface area contributed by atoms with Crippen molar-refractivity contribution >= 4 is 11.6 Å². The zero-order valence-corrected chi connectivity index (χ0v) is 10.7. The van der Waals surface area contributed by atoms with Gasteiger partial charge in [0, 0.05) is 5.02 Å². The van der Waals surface area contributed by atoms with E-state index in [1.54, 1.807) is 0 Å².